The Labute approximate surface area is 204 Å². The number of hydrogen-bond donors (Lipinski definition) is 0. The van der Waals surface area contributed by atoms with E-state index >= 15 is 0 Å². The van der Waals surface area contributed by atoms with E-state index in [0.29, 0.717) is 22.5 Å². The van der Waals surface area contributed by atoms with Crippen LogP contribution in [0, 0.1) is 20.8 Å². The van der Waals surface area contributed by atoms with Crippen LogP contribution in [0.25, 0.3) is 16.6 Å². The first-order valence-electron chi connectivity index (χ1n) is 10.5. The van der Waals surface area contributed by atoms with Crippen molar-refractivity contribution in [1.82, 2.24) is 14.2 Å². The molecule has 0 saturated heterocycles. The van der Waals surface area contributed by atoms with Gasteiger partial charge in [-0.05, 0) is 69.3 Å². The van der Waals surface area contributed by atoms with Crippen LogP contribution in [-0.2, 0) is 9.53 Å². The molecule has 0 bridgehead atoms. The maximum Gasteiger partial charge on any atom is 0.343 e. The van der Waals surface area contributed by atoms with Gasteiger partial charge in [-0.3, -0.25) is 4.79 Å². The summed E-state index contributed by atoms with van der Waals surface area (Å²) >= 11 is 3.40. The second-order valence-corrected chi connectivity index (χ2v) is 8.62. The number of ether oxygens (including phenoxy) is 2. The predicted molar refractivity (Wildman–Crippen MR) is 134 cm³/mol. The lowest BCUT2D eigenvalue weighted by molar-refractivity contribution is -0.142. The van der Waals surface area contributed by atoms with Crippen LogP contribution in [0.2, 0.25) is 0 Å². The van der Waals surface area contributed by atoms with Crippen molar-refractivity contribution in [2.75, 3.05) is 13.7 Å². The second kappa shape index (κ2) is 9.64. The molecular weight excluding hydrogens is 500 g/mol. The molecule has 2 aromatic carbocycles. The van der Waals surface area contributed by atoms with Gasteiger partial charge in [0.05, 0.1) is 24.2 Å². The zero-order valence-electron chi connectivity index (χ0n) is 19.2. The molecule has 0 spiro atoms. The average Bonchev–Trinajstić information content (AvgIpc) is 3.11. The first kappa shape index (κ1) is 23.4. The predicted octanol–water partition coefficient (Wildman–Crippen LogP) is 4.31. The molecule has 174 valence electrons. The minimum Gasteiger partial charge on any atom is -0.482 e. The van der Waals surface area contributed by atoms with Crippen LogP contribution >= 0.6 is 15.9 Å². The molecule has 9 heteroatoms. The van der Waals surface area contributed by atoms with Gasteiger partial charge in [-0.25, -0.2) is 9.78 Å². The number of nitrogens with zero attached hydrogens (tertiary/aromatic N) is 4. The summed E-state index contributed by atoms with van der Waals surface area (Å²) in [5.41, 5.74) is 4.19. The Bertz CT molecular complexity index is 1470. The minimum absolute atomic E-state index is 0.141. The van der Waals surface area contributed by atoms with Gasteiger partial charge >= 0.3 is 5.97 Å². The molecule has 0 N–H and O–H groups in total. The van der Waals surface area contributed by atoms with E-state index in [9.17, 15) is 9.59 Å². The molecule has 8 nitrogen and oxygen atoms in total. The van der Waals surface area contributed by atoms with Gasteiger partial charge in [0.25, 0.3) is 5.56 Å². The van der Waals surface area contributed by atoms with Gasteiger partial charge in [-0.15, -0.1) is 0 Å². The number of hydrogen-bond acceptors (Lipinski definition) is 6. The zero-order valence-corrected chi connectivity index (χ0v) is 20.8. The van der Waals surface area contributed by atoms with Gasteiger partial charge in [-0.1, -0.05) is 15.9 Å². The zero-order chi connectivity index (χ0) is 24.4. The molecule has 2 heterocycles. The van der Waals surface area contributed by atoms with E-state index in [-0.39, 0.29) is 12.2 Å². The van der Waals surface area contributed by atoms with Crippen LogP contribution in [-0.4, -0.2) is 40.1 Å². The van der Waals surface area contributed by atoms with Gasteiger partial charge in [0.2, 0.25) is 0 Å². The summed E-state index contributed by atoms with van der Waals surface area (Å²) < 4.78 is 14.2. The largest absolute Gasteiger partial charge is 0.482 e. The van der Waals surface area contributed by atoms with Crippen molar-refractivity contribution in [1.29, 1.82) is 0 Å². The van der Waals surface area contributed by atoms with Crippen molar-refractivity contribution in [2.45, 2.75) is 20.8 Å². The van der Waals surface area contributed by atoms with Crippen LogP contribution in [0.3, 0.4) is 0 Å². The van der Waals surface area contributed by atoms with Gasteiger partial charge < -0.3 is 14.0 Å². The fourth-order valence-corrected chi connectivity index (χ4v) is 4.09. The van der Waals surface area contributed by atoms with Crippen LogP contribution in [0.15, 0.2) is 62.9 Å². The number of aromatic nitrogens is 3. The van der Waals surface area contributed by atoms with Crippen LogP contribution < -0.4 is 10.3 Å². The van der Waals surface area contributed by atoms with Crippen LogP contribution in [0.4, 0.5) is 0 Å². The molecule has 0 radical (unpaired) electrons. The third-order valence-corrected chi connectivity index (χ3v) is 5.93. The van der Waals surface area contributed by atoms with Gasteiger partial charge in [-0.2, -0.15) is 9.78 Å². The van der Waals surface area contributed by atoms with E-state index in [0.717, 1.165) is 27.1 Å². The minimum atomic E-state index is -0.436. The highest BCUT2D eigenvalue weighted by molar-refractivity contribution is 9.10. The Morgan fingerprint density at radius 1 is 1.12 bits per heavy atom. The number of benzene rings is 2. The highest BCUT2D eigenvalue weighted by atomic mass is 79.9. The fourth-order valence-electron chi connectivity index (χ4n) is 3.72. The van der Waals surface area contributed by atoms with Crippen LogP contribution in [0.1, 0.15) is 22.8 Å². The maximum absolute atomic E-state index is 13.0. The first-order chi connectivity index (χ1) is 16.3. The summed E-state index contributed by atoms with van der Waals surface area (Å²) in [5, 5.41) is 4.95. The number of aryl methyl sites for hydroxylation is 2. The Morgan fingerprint density at radius 3 is 2.56 bits per heavy atom. The number of rotatable bonds is 6. The summed E-state index contributed by atoms with van der Waals surface area (Å²) in [4.78, 5) is 28.8. The lowest BCUT2D eigenvalue weighted by Gasteiger charge is -2.11. The Hall–Kier alpha value is -3.72. The topological polar surface area (TPSA) is 87.7 Å². The summed E-state index contributed by atoms with van der Waals surface area (Å²) in [6, 6.07) is 14.8. The number of esters is 1. The van der Waals surface area contributed by atoms with E-state index in [1.807, 2.05) is 38.1 Å². The summed E-state index contributed by atoms with van der Waals surface area (Å²) in [6.07, 6.45) is 1.67. The highest BCUT2D eigenvalue weighted by Gasteiger charge is 2.12. The molecule has 4 aromatic rings. The molecule has 34 heavy (non-hydrogen) atoms. The van der Waals surface area contributed by atoms with E-state index in [1.165, 1.54) is 11.8 Å². The molecule has 0 saturated carbocycles. The standard InChI is InChI=1S/C25H23BrN4O4/c1-15-11-18(13-27-30-17(3)28-23-10-5-19(26)12-22(23)25(30)32)16(2)29(15)20-6-8-21(9-7-20)34-14-24(31)33-4/h5-13H,14H2,1-4H3. The normalized spacial score (nSPS) is 11.3. The third-order valence-electron chi connectivity index (χ3n) is 5.43. The summed E-state index contributed by atoms with van der Waals surface area (Å²) in [6.45, 7) is 5.60. The van der Waals surface area contributed by atoms with E-state index in [2.05, 4.69) is 35.3 Å². The summed E-state index contributed by atoms with van der Waals surface area (Å²) in [5.74, 6) is 0.643. The molecule has 0 unspecified atom stereocenters. The Morgan fingerprint density at radius 2 is 1.85 bits per heavy atom. The van der Waals surface area contributed by atoms with Gasteiger partial charge in [0.15, 0.2) is 6.61 Å². The number of carbonyl (C=O) groups excluding carboxylic acids is 1. The van der Waals surface area contributed by atoms with Gasteiger partial charge in [0, 0.05) is 27.1 Å². The SMILES string of the molecule is COC(=O)COc1ccc(-n2c(C)cc(C=Nn3c(C)nc4ccc(Br)cc4c3=O)c2C)cc1. The molecule has 0 aliphatic rings. The lowest BCUT2D eigenvalue weighted by atomic mass is 10.2. The molecule has 0 fully saturated rings. The van der Waals surface area contributed by atoms with E-state index in [1.54, 1.807) is 37.4 Å². The molecule has 0 amide bonds. The fraction of sp³-hybridized carbons (Fsp3) is 0.200. The second-order valence-electron chi connectivity index (χ2n) is 7.70. The molecule has 0 aliphatic carbocycles. The molecule has 4 rings (SSSR count). The number of halogens is 1. The average molecular weight is 523 g/mol. The van der Waals surface area contributed by atoms with Crippen molar-refractivity contribution in [3.8, 4) is 11.4 Å². The van der Waals surface area contributed by atoms with Crippen molar-refractivity contribution in [3.05, 3.63) is 86.1 Å². The molecule has 0 aliphatic heterocycles. The molecule has 2 aromatic heterocycles. The van der Waals surface area contributed by atoms with Crippen molar-refractivity contribution in [3.63, 3.8) is 0 Å². The van der Waals surface area contributed by atoms with E-state index in [4.69, 9.17) is 4.74 Å². The third kappa shape index (κ3) is 4.65. The van der Waals surface area contributed by atoms with Crippen molar-refractivity contribution >= 4 is 39.0 Å². The number of fused-ring (bicyclic) bond motifs is 1. The van der Waals surface area contributed by atoms with Crippen LogP contribution in [0.5, 0.6) is 5.75 Å². The molecular formula is C25H23BrN4O4. The van der Waals surface area contributed by atoms with E-state index < -0.39 is 5.97 Å². The number of methoxy groups -OCH3 is 1. The van der Waals surface area contributed by atoms with Crippen molar-refractivity contribution < 1.29 is 14.3 Å². The smallest absolute Gasteiger partial charge is 0.343 e. The highest BCUT2D eigenvalue weighted by Crippen LogP contribution is 2.22. The molecule has 0 atom stereocenters. The monoisotopic (exact) mass is 522 g/mol. The first-order valence-corrected chi connectivity index (χ1v) is 11.3. The quantitative estimate of drug-likeness (QED) is 0.278. The van der Waals surface area contributed by atoms with Gasteiger partial charge in [0.1, 0.15) is 11.6 Å². The number of carbonyl (C=O) groups is 1. The maximum atomic E-state index is 13.0. The Kier molecular flexibility index (Phi) is 6.65. The Balaban J connectivity index is 1.63. The summed E-state index contributed by atoms with van der Waals surface area (Å²) in [7, 11) is 1.32. The van der Waals surface area contributed by atoms with Crippen molar-refractivity contribution in [2.24, 2.45) is 5.10 Å². The lowest BCUT2D eigenvalue weighted by Crippen LogP contribution is -2.20.